The molecule has 2 aromatic carbocycles. The Bertz CT molecular complexity index is 1030. The van der Waals surface area contributed by atoms with Crippen LogP contribution in [0, 0.1) is 0 Å². The number of benzene rings is 2. The third kappa shape index (κ3) is 3.82. The van der Waals surface area contributed by atoms with Crippen molar-refractivity contribution in [2.45, 2.75) is 13.2 Å². The van der Waals surface area contributed by atoms with Gasteiger partial charge in [0.2, 0.25) is 6.79 Å². The zero-order valence-corrected chi connectivity index (χ0v) is 14.3. The van der Waals surface area contributed by atoms with Gasteiger partial charge in [0.1, 0.15) is 13.2 Å². The van der Waals surface area contributed by atoms with Gasteiger partial charge in [-0.05, 0) is 29.8 Å². The molecule has 1 aliphatic rings. The molecule has 0 unspecified atom stereocenters. The molecule has 0 spiro atoms. The fourth-order valence-corrected chi connectivity index (χ4v) is 2.68. The molecule has 0 saturated carbocycles. The molecule has 0 amide bonds. The molecule has 1 aliphatic heterocycles. The highest BCUT2D eigenvalue weighted by Crippen LogP contribution is 2.35. The summed E-state index contributed by atoms with van der Waals surface area (Å²) < 4.78 is 17.0. The molecular formula is C20H16N2O5. The number of fused-ring (bicyclic) bond motifs is 1. The molecule has 7 nitrogen and oxygen atoms in total. The van der Waals surface area contributed by atoms with E-state index in [0.29, 0.717) is 17.2 Å². The van der Waals surface area contributed by atoms with Gasteiger partial charge in [-0.3, -0.25) is 9.59 Å². The lowest BCUT2D eigenvalue weighted by molar-refractivity contribution is -0.146. The molecule has 0 radical (unpaired) electrons. The van der Waals surface area contributed by atoms with Gasteiger partial charge in [0.15, 0.2) is 11.5 Å². The molecule has 0 bridgehead atoms. The van der Waals surface area contributed by atoms with E-state index in [-0.39, 0.29) is 25.5 Å². The molecule has 4 rings (SSSR count). The van der Waals surface area contributed by atoms with E-state index in [1.54, 1.807) is 18.2 Å². The fourth-order valence-electron chi connectivity index (χ4n) is 2.68. The highest BCUT2D eigenvalue weighted by molar-refractivity contribution is 5.69. The van der Waals surface area contributed by atoms with Crippen molar-refractivity contribution in [1.29, 1.82) is 0 Å². The minimum Gasteiger partial charge on any atom is -0.459 e. The van der Waals surface area contributed by atoms with E-state index < -0.39 is 5.97 Å². The average molecular weight is 364 g/mol. The number of carbonyl (C=O) groups is 1. The fraction of sp³-hybridized carbons (Fsp3) is 0.150. The van der Waals surface area contributed by atoms with E-state index in [4.69, 9.17) is 14.2 Å². The van der Waals surface area contributed by atoms with Crippen molar-refractivity contribution in [3.63, 3.8) is 0 Å². The highest BCUT2D eigenvalue weighted by Gasteiger charge is 2.15. The van der Waals surface area contributed by atoms with E-state index in [2.05, 4.69) is 5.10 Å². The lowest BCUT2D eigenvalue weighted by Gasteiger charge is -2.08. The lowest BCUT2D eigenvalue weighted by Crippen LogP contribution is -2.27. The first-order valence-corrected chi connectivity index (χ1v) is 8.37. The molecule has 3 aromatic rings. The summed E-state index contributed by atoms with van der Waals surface area (Å²) in [5.74, 6) is 0.752. The molecule has 7 heteroatoms. The third-order valence-corrected chi connectivity index (χ3v) is 4.06. The van der Waals surface area contributed by atoms with Crippen LogP contribution in [0.4, 0.5) is 0 Å². The van der Waals surface area contributed by atoms with Gasteiger partial charge in [-0.2, -0.15) is 5.10 Å². The summed E-state index contributed by atoms with van der Waals surface area (Å²) in [5.41, 5.74) is 1.80. The standard InChI is InChI=1S/C20H16N2O5/c23-19-9-7-16(15-6-8-17-18(10-15)27-13-26-17)21-22(19)11-20(24)25-12-14-4-2-1-3-5-14/h1-10H,11-13H2. The maximum atomic E-state index is 12.1. The Kier molecular flexibility index (Phi) is 4.57. The predicted molar refractivity (Wildman–Crippen MR) is 96.3 cm³/mol. The van der Waals surface area contributed by atoms with Crippen molar-refractivity contribution in [2.75, 3.05) is 6.79 Å². The van der Waals surface area contributed by atoms with Crippen LogP contribution in [0.25, 0.3) is 11.3 Å². The van der Waals surface area contributed by atoms with Crippen molar-refractivity contribution in [2.24, 2.45) is 0 Å². The summed E-state index contributed by atoms with van der Waals surface area (Å²) in [6.07, 6.45) is 0. The largest absolute Gasteiger partial charge is 0.459 e. The van der Waals surface area contributed by atoms with Gasteiger partial charge in [-0.25, -0.2) is 4.68 Å². The average Bonchev–Trinajstić information content (AvgIpc) is 3.17. The number of hydrogen-bond acceptors (Lipinski definition) is 6. The Balaban J connectivity index is 1.49. The first kappa shape index (κ1) is 16.8. The number of esters is 1. The number of nitrogens with zero attached hydrogens (tertiary/aromatic N) is 2. The normalized spacial score (nSPS) is 12.0. The van der Waals surface area contributed by atoms with Gasteiger partial charge in [0, 0.05) is 11.6 Å². The Morgan fingerprint density at radius 3 is 2.70 bits per heavy atom. The van der Waals surface area contributed by atoms with Gasteiger partial charge < -0.3 is 14.2 Å². The Labute approximate surface area is 154 Å². The van der Waals surface area contributed by atoms with Crippen LogP contribution >= 0.6 is 0 Å². The van der Waals surface area contributed by atoms with Crippen LogP contribution in [-0.2, 0) is 22.7 Å². The lowest BCUT2D eigenvalue weighted by atomic mass is 10.1. The number of aromatic nitrogens is 2. The van der Waals surface area contributed by atoms with Crippen LogP contribution in [0.5, 0.6) is 11.5 Å². The Morgan fingerprint density at radius 2 is 1.85 bits per heavy atom. The van der Waals surface area contributed by atoms with Gasteiger partial charge in [0.25, 0.3) is 5.56 Å². The number of ether oxygens (including phenoxy) is 3. The molecule has 0 aliphatic carbocycles. The quantitative estimate of drug-likeness (QED) is 0.647. The second-order valence-corrected chi connectivity index (χ2v) is 5.93. The van der Waals surface area contributed by atoms with Crippen LogP contribution in [0.15, 0.2) is 65.5 Å². The SMILES string of the molecule is O=C(Cn1nc(-c2ccc3c(c2)OCO3)ccc1=O)OCc1ccccc1. The Hall–Kier alpha value is -3.61. The van der Waals surface area contributed by atoms with Crippen LogP contribution in [-0.4, -0.2) is 22.5 Å². The topological polar surface area (TPSA) is 79.7 Å². The van der Waals surface area contributed by atoms with E-state index in [9.17, 15) is 9.59 Å². The monoisotopic (exact) mass is 364 g/mol. The Morgan fingerprint density at radius 1 is 1.04 bits per heavy atom. The van der Waals surface area contributed by atoms with Crippen LogP contribution in [0.2, 0.25) is 0 Å². The maximum absolute atomic E-state index is 12.1. The second kappa shape index (κ2) is 7.33. The summed E-state index contributed by atoms with van der Waals surface area (Å²) in [4.78, 5) is 24.1. The van der Waals surface area contributed by atoms with Crippen LogP contribution in [0.3, 0.4) is 0 Å². The molecule has 136 valence electrons. The van der Waals surface area contributed by atoms with Gasteiger partial charge in [-0.1, -0.05) is 30.3 Å². The molecule has 0 atom stereocenters. The van der Waals surface area contributed by atoms with Gasteiger partial charge >= 0.3 is 5.97 Å². The predicted octanol–water partition coefficient (Wildman–Crippen LogP) is 2.38. The molecule has 1 aromatic heterocycles. The third-order valence-electron chi connectivity index (χ3n) is 4.06. The molecule has 0 N–H and O–H groups in total. The van der Waals surface area contributed by atoms with Crippen molar-refractivity contribution < 1.29 is 19.0 Å². The molecule has 0 fully saturated rings. The number of hydrogen-bond donors (Lipinski definition) is 0. The minimum atomic E-state index is -0.531. The first-order chi connectivity index (χ1) is 13.2. The molecular weight excluding hydrogens is 348 g/mol. The van der Waals surface area contributed by atoms with E-state index in [1.807, 2.05) is 36.4 Å². The minimum absolute atomic E-state index is 0.149. The smallest absolute Gasteiger partial charge is 0.328 e. The number of rotatable bonds is 5. The zero-order valence-electron chi connectivity index (χ0n) is 14.3. The van der Waals surface area contributed by atoms with Gasteiger partial charge in [0.05, 0.1) is 5.69 Å². The van der Waals surface area contributed by atoms with Crippen molar-refractivity contribution >= 4 is 5.97 Å². The molecule has 0 saturated heterocycles. The first-order valence-electron chi connectivity index (χ1n) is 8.37. The second-order valence-electron chi connectivity index (χ2n) is 5.93. The highest BCUT2D eigenvalue weighted by atomic mass is 16.7. The van der Waals surface area contributed by atoms with Crippen molar-refractivity contribution in [3.8, 4) is 22.8 Å². The molecule has 2 heterocycles. The summed E-state index contributed by atoms with van der Waals surface area (Å²) in [6, 6.07) is 17.7. The summed E-state index contributed by atoms with van der Waals surface area (Å²) in [7, 11) is 0. The van der Waals surface area contributed by atoms with Crippen LogP contribution in [0.1, 0.15) is 5.56 Å². The van der Waals surface area contributed by atoms with E-state index >= 15 is 0 Å². The van der Waals surface area contributed by atoms with Gasteiger partial charge in [-0.15, -0.1) is 0 Å². The molecule has 27 heavy (non-hydrogen) atoms. The maximum Gasteiger partial charge on any atom is 0.328 e. The summed E-state index contributed by atoms with van der Waals surface area (Å²) in [6.45, 7) is 0.0688. The van der Waals surface area contributed by atoms with Crippen LogP contribution < -0.4 is 15.0 Å². The van der Waals surface area contributed by atoms with E-state index in [0.717, 1.165) is 15.8 Å². The summed E-state index contributed by atoms with van der Waals surface area (Å²) in [5, 5.41) is 4.27. The zero-order chi connectivity index (χ0) is 18.6. The number of carbonyl (C=O) groups excluding carboxylic acids is 1. The van der Waals surface area contributed by atoms with E-state index in [1.165, 1.54) is 6.07 Å². The van der Waals surface area contributed by atoms with Crippen molar-refractivity contribution in [1.82, 2.24) is 9.78 Å². The van der Waals surface area contributed by atoms with Crippen molar-refractivity contribution in [3.05, 3.63) is 76.6 Å². The summed E-state index contributed by atoms with van der Waals surface area (Å²) >= 11 is 0.